The number of likely N-dealkylation sites (tertiary alicyclic amines) is 1. The third kappa shape index (κ3) is 2.58. The zero-order valence-corrected chi connectivity index (χ0v) is 13.2. The lowest BCUT2D eigenvalue weighted by atomic mass is 10.1. The first-order chi connectivity index (χ1) is 11.2. The number of nitrogens with zero attached hydrogens (tertiary/aromatic N) is 2. The molecule has 0 unspecified atom stereocenters. The highest BCUT2D eigenvalue weighted by molar-refractivity contribution is 5.79. The number of rotatable bonds is 3. The van der Waals surface area contributed by atoms with E-state index in [9.17, 15) is 9.59 Å². The van der Waals surface area contributed by atoms with Crippen molar-refractivity contribution in [2.75, 3.05) is 6.54 Å². The number of carbonyl (C=O) groups excluding carboxylic acids is 1. The van der Waals surface area contributed by atoms with Crippen molar-refractivity contribution in [1.29, 1.82) is 0 Å². The Kier molecular flexibility index (Phi) is 3.71. The number of hydrogen-bond acceptors (Lipinski definition) is 3. The summed E-state index contributed by atoms with van der Waals surface area (Å²) in [4.78, 5) is 26.9. The molecular formula is C18H22N2O3. The highest BCUT2D eigenvalue weighted by atomic mass is 16.4. The molecule has 1 aliphatic heterocycles. The maximum absolute atomic E-state index is 12.8. The van der Waals surface area contributed by atoms with E-state index >= 15 is 0 Å². The normalized spacial score (nSPS) is 22.3. The minimum Gasteiger partial charge on any atom is -0.408 e. The SMILES string of the molecule is O=C(C1CCCC1)N1CCC[C@@H]1Cn1c(=O)oc2ccccc21. The molecule has 1 aliphatic carbocycles. The predicted octanol–water partition coefficient (Wildman–Crippen LogP) is 2.78. The highest BCUT2D eigenvalue weighted by Crippen LogP contribution is 2.30. The number of oxazole rings is 1. The van der Waals surface area contributed by atoms with Crippen LogP contribution in [-0.2, 0) is 11.3 Å². The van der Waals surface area contributed by atoms with Crippen molar-refractivity contribution >= 4 is 17.0 Å². The molecule has 1 saturated carbocycles. The van der Waals surface area contributed by atoms with E-state index in [1.807, 2.05) is 29.2 Å². The van der Waals surface area contributed by atoms with Gasteiger partial charge in [-0.2, -0.15) is 0 Å². The number of hydrogen-bond donors (Lipinski definition) is 0. The van der Waals surface area contributed by atoms with E-state index in [1.165, 1.54) is 12.8 Å². The third-order valence-corrected chi connectivity index (χ3v) is 5.33. The van der Waals surface area contributed by atoms with Crippen LogP contribution in [0.2, 0.25) is 0 Å². The summed E-state index contributed by atoms with van der Waals surface area (Å²) in [6.07, 6.45) is 6.37. The van der Waals surface area contributed by atoms with E-state index in [0.717, 1.165) is 37.7 Å². The maximum atomic E-state index is 12.8. The lowest BCUT2D eigenvalue weighted by Crippen LogP contribution is -2.42. The second-order valence-corrected chi connectivity index (χ2v) is 6.76. The van der Waals surface area contributed by atoms with Gasteiger partial charge in [-0.05, 0) is 37.8 Å². The smallest absolute Gasteiger partial charge is 0.408 e. The fraction of sp³-hybridized carbons (Fsp3) is 0.556. The number of para-hydroxylation sites is 2. The highest BCUT2D eigenvalue weighted by Gasteiger charge is 2.34. The summed E-state index contributed by atoms with van der Waals surface area (Å²) in [6, 6.07) is 7.59. The van der Waals surface area contributed by atoms with E-state index in [-0.39, 0.29) is 17.7 Å². The fourth-order valence-corrected chi connectivity index (χ4v) is 4.12. The van der Waals surface area contributed by atoms with Gasteiger partial charge in [0.25, 0.3) is 0 Å². The molecule has 23 heavy (non-hydrogen) atoms. The van der Waals surface area contributed by atoms with Gasteiger partial charge in [0.05, 0.1) is 5.52 Å². The first-order valence-electron chi connectivity index (χ1n) is 8.63. The average Bonchev–Trinajstić information content (AvgIpc) is 3.28. The minimum atomic E-state index is -0.327. The summed E-state index contributed by atoms with van der Waals surface area (Å²) in [7, 11) is 0. The van der Waals surface area contributed by atoms with Gasteiger partial charge < -0.3 is 9.32 Å². The summed E-state index contributed by atoms with van der Waals surface area (Å²) in [5.41, 5.74) is 1.43. The van der Waals surface area contributed by atoms with Gasteiger partial charge in [0.1, 0.15) is 0 Å². The molecule has 0 spiro atoms. The van der Waals surface area contributed by atoms with Gasteiger partial charge in [0, 0.05) is 25.0 Å². The van der Waals surface area contributed by atoms with Gasteiger partial charge in [-0.1, -0.05) is 25.0 Å². The van der Waals surface area contributed by atoms with E-state index in [2.05, 4.69) is 0 Å². The Morgan fingerprint density at radius 3 is 2.74 bits per heavy atom. The Labute approximate surface area is 134 Å². The zero-order chi connectivity index (χ0) is 15.8. The number of aromatic nitrogens is 1. The Balaban J connectivity index is 1.58. The molecule has 5 heteroatoms. The van der Waals surface area contributed by atoms with Crippen LogP contribution in [0.15, 0.2) is 33.5 Å². The van der Waals surface area contributed by atoms with Crippen LogP contribution in [0, 0.1) is 5.92 Å². The van der Waals surface area contributed by atoms with Gasteiger partial charge in [-0.3, -0.25) is 9.36 Å². The second-order valence-electron chi connectivity index (χ2n) is 6.76. The van der Waals surface area contributed by atoms with Crippen LogP contribution in [0.5, 0.6) is 0 Å². The molecule has 2 fully saturated rings. The lowest BCUT2D eigenvalue weighted by molar-refractivity contribution is -0.136. The molecule has 0 N–H and O–H groups in total. The van der Waals surface area contributed by atoms with E-state index in [0.29, 0.717) is 18.0 Å². The van der Waals surface area contributed by atoms with Crippen LogP contribution in [0.25, 0.3) is 11.1 Å². The lowest BCUT2D eigenvalue weighted by Gasteiger charge is -2.27. The quantitative estimate of drug-likeness (QED) is 0.875. The monoisotopic (exact) mass is 314 g/mol. The van der Waals surface area contributed by atoms with Crippen molar-refractivity contribution in [2.24, 2.45) is 5.92 Å². The van der Waals surface area contributed by atoms with E-state index in [4.69, 9.17) is 4.42 Å². The number of amides is 1. The van der Waals surface area contributed by atoms with Crippen LogP contribution >= 0.6 is 0 Å². The van der Waals surface area contributed by atoms with E-state index < -0.39 is 0 Å². The number of carbonyl (C=O) groups is 1. The van der Waals surface area contributed by atoms with Crippen molar-refractivity contribution in [3.05, 3.63) is 34.8 Å². The topological polar surface area (TPSA) is 55.5 Å². The molecule has 2 heterocycles. The van der Waals surface area contributed by atoms with E-state index in [1.54, 1.807) is 4.57 Å². The summed E-state index contributed by atoms with van der Waals surface area (Å²) < 4.78 is 6.99. The third-order valence-electron chi connectivity index (χ3n) is 5.33. The molecule has 1 aromatic carbocycles. The predicted molar refractivity (Wildman–Crippen MR) is 87.2 cm³/mol. The standard InChI is InChI=1S/C18H22N2O3/c21-17(13-6-1-2-7-13)19-11-5-8-14(19)12-20-15-9-3-4-10-16(15)23-18(20)22/h3-4,9-10,13-14H,1-2,5-8,11-12H2/t14-/m1/s1. The maximum Gasteiger partial charge on any atom is 0.420 e. The summed E-state index contributed by atoms with van der Waals surface area (Å²) >= 11 is 0. The molecule has 1 aromatic heterocycles. The van der Waals surface area contributed by atoms with Crippen molar-refractivity contribution in [2.45, 2.75) is 51.1 Å². The Morgan fingerprint density at radius 1 is 1.13 bits per heavy atom. The van der Waals surface area contributed by atoms with Gasteiger partial charge >= 0.3 is 5.76 Å². The van der Waals surface area contributed by atoms with Gasteiger partial charge in [-0.25, -0.2) is 4.79 Å². The molecule has 1 atom stereocenters. The first kappa shape index (κ1) is 14.5. The van der Waals surface area contributed by atoms with Crippen molar-refractivity contribution < 1.29 is 9.21 Å². The summed E-state index contributed by atoms with van der Waals surface area (Å²) in [5, 5.41) is 0. The van der Waals surface area contributed by atoms with Gasteiger partial charge in [0.2, 0.25) is 5.91 Å². The Bertz CT molecular complexity index is 770. The first-order valence-corrected chi connectivity index (χ1v) is 8.63. The second kappa shape index (κ2) is 5.87. The Hall–Kier alpha value is -2.04. The number of benzene rings is 1. The molecule has 0 radical (unpaired) electrons. The van der Waals surface area contributed by atoms with Crippen LogP contribution in [0.3, 0.4) is 0 Å². The van der Waals surface area contributed by atoms with Crippen molar-refractivity contribution in [1.82, 2.24) is 9.47 Å². The Morgan fingerprint density at radius 2 is 1.91 bits per heavy atom. The summed E-state index contributed by atoms with van der Waals surface area (Å²) in [5.74, 6) is 0.172. The van der Waals surface area contributed by atoms with Gasteiger partial charge in [-0.15, -0.1) is 0 Å². The summed E-state index contributed by atoms with van der Waals surface area (Å²) in [6.45, 7) is 1.36. The molecule has 1 amide bonds. The minimum absolute atomic E-state index is 0.113. The molecule has 1 saturated heterocycles. The molecule has 2 aromatic rings. The largest absolute Gasteiger partial charge is 0.420 e. The molecule has 2 aliphatic rings. The van der Waals surface area contributed by atoms with Crippen LogP contribution in [0.4, 0.5) is 0 Å². The van der Waals surface area contributed by atoms with Crippen molar-refractivity contribution in [3.63, 3.8) is 0 Å². The van der Waals surface area contributed by atoms with Crippen molar-refractivity contribution in [3.8, 4) is 0 Å². The number of fused-ring (bicyclic) bond motifs is 1. The van der Waals surface area contributed by atoms with Crippen LogP contribution < -0.4 is 5.76 Å². The van der Waals surface area contributed by atoms with Crippen LogP contribution in [-0.4, -0.2) is 28.0 Å². The molecule has 0 bridgehead atoms. The average molecular weight is 314 g/mol. The molecule has 4 rings (SSSR count). The zero-order valence-electron chi connectivity index (χ0n) is 13.2. The molecule has 122 valence electrons. The molecular weight excluding hydrogens is 292 g/mol. The fourth-order valence-electron chi connectivity index (χ4n) is 4.12. The molecule has 5 nitrogen and oxygen atoms in total. The van der Waals surface area contributed by atoms with Gasteiger partial charge in [0.15, 0.2) is 5.58 Å². The van der Waals surface area contributed by atoms with Crippen LogP contribution in [0.1, 0.15) is 38.5 Å².